The Morgan fingerprint density at radius 3 is 2.83 bits per heavy atom. The molecule has 0 N–H and O–H groups in total. The van der Waals surface area contributed by atoms with Gasteiger partial charge in [-0.3, -0.25) is 19.5 Å². The highest BCUT2D eigenvalue weighted by Crippen LogP contribution is 2.64. The number of carbonyl (C=O) groups excluding carboxylic acids is 2. The van der Waals surface area contributed by atoms with Crippen LogP contribution in [0.15, 0.2) is 40.9 Å². The number of piperidine rings is 1. The summed E-state index contributed by atoms with van der Waals surface area (Å²) in [5, 5.41) is 0. The first-order valence-electron chi connectivity index (χ1n) is 10.3. The van der Waals surface area contributed by atoms with E-state index in [0.29, 0.717) is 0 Å². The number of para-hydroxylation sites is 1. The molecule has 1 aliphatic carbocycles. The van der Waals surface area contributed by atoms with Gasteiger partial charge in [-0.05, 0) is 37.9 Å². The van der Waals surface area contributed by atoms with Crippen molar-refractivity contribution in [3.05, 3.63) is 41.5 Å². The number of allylic oxidation sites excluding steroid dienone is 1. The number of nitrogens with zero attached hydrogens (tertiary/aromatic N) is 2. The highest BCUT2D eigenvalue weighted by Gasteiger charge is 2.72. The molecule has 1 aromatic carbocycles. The van der Waals surface area contributed by atoms with Crippen LogP contribution in [-0.4, -0.2) is 55.4 Å². The summed E-state index contributed by atoms with van der Waals surface area (Å²) in [5.41, 5.74) is 2.73. The summed E-state index contributed by atoms with van der Waals surface area (Å²) in [4.78, 5) is 32.9. The van der Waals surface area contributed by atoms with Crippen LogP contribution >= 0.6 is 0 Å². The van der Waals surface area contributed by atoms with Gasteiger partial charge in [0, 0.05) is 25.4 Å². The average Bonchev–Trinajstić information content (AvgIpc) is 3.29. The molecule has 2 bridgehead atoms. The van der Waals surface area contributed by atoms with E-state index in [0.717, 1.165) is 37.3 Å². The predicted molar refractivity (Wildman–Crippen MR) is 108 cm³/mol. The van der Waals surface area contributed by atoms with E-state index in [2.05, 4.69) is 24.0 Å². The molecule has 1 aromatic rings. The SMILES string of the molecule is C/C=C1/C2N3CC[C@H]1C(COC(C)=O)(C(=O)OC)C1=Nc4ccccc4C12CC3. The second-order valence-electron chi connectivity index (χ2n) is 8.51. The lowest BCUT2D eigenvalue weighted by molar-refractivity contribution is -0.160. The highest BCUT2D eigenvalue weighted by molar-refractivity contribution is 6.18. The fraction of sp³-hybridized carbons (Fsp3) is 0.522. The van der Waals surface area contributed by atoms with Crippen LogP contribution in [0.4, 0.5) is 5.69 Å². The molecule has 152 valence electrons. The van der Waals surface area contributed by atoms with Crippen LogP contribution in [0.25, 0.3) is 0 Å². The molecule has 4 atom stereocenters. The number of methoxy groups -OCH3 is 1. The number of fused-ring (bicyclic) bond motifs is 2. The molecule has 0 aromatic heterocycles. The normalized spacial score (nSPS) is 35.7. The molecule has 4 aliphatic rings. The van der Waals surface area contributed by atoms with Crippen molar-refractivity contribution in [2.75, 3.05) is 26.8 Å². The second kappa shape index (κ2) is 6.26. The van der Waals surface area contributed by atoms with Crippen molar-refractivity contribution >= 4 is 23.3 Å². The summed E-state index contributed by atoms with van der Waals surface area (Å²) in [6, 6.07) is 8.39. The fourth-order valence-corrected chi connectivity index (χ4v) is 6.53. The first-order chi connectivity index (χ1) is 14.0. The Kier molecular flexibility index (Phi) is 4.01. The van der Waals surface area contributed by atoms with Crippen molar-refractivity contribution < 1.29 is 19.1 Å². The van der Waals surface area contributed by atoms with E-state index in [4.69, 9.17) is 14.5 Å². The monoisotopic (exact) mass is 394 g/mol. The molecular formula is C23H26N2O4. The van der Waals surface area contributed by atoms with Crippen molar-refractivity contribution in [1.29, 1.82) is 0 Å². The molecule has 5 rings (SSSR count). The number of benzene rings is 1. The smallest absolute Gasteiger partial charge is 0.321 e. The maximum absolute atomic E-state index is 13.5. The van der Waals surface area contributed by atoms with Gasteiger partial charge in [-0.15, -0.1) is 0 Å². The van der Waals surface area contributed by atoms with Gasteiger partial charge in [-0.2, -0.15) is 0 Å². The lowest BCUT2D eigenvalue weighted by atomic mass is 9.49. The number of aliphatic imine (C=N–C) groups is 1. The topological polar surface area (TPSA) is 68.2 Å². The minimum atomic E-state index is -1.09. The summed E-state index contributed by atoms with van der Waals surface area (Å²) in [5.74, 6) is -0.834. The van der Waals surface area contributed by atoms with Crippen LogP contribution in [-0.2, 0) is 24.5 Å². The van der Waals surface area contributed by atoms with E-state index in [9.17, 15) is 9.59 Å². The van der Waals surface area contributed by atoms with Crippen LogP contribution in [0.2, 0.25) is 0 Å². The summed E-state index contributed by atoms with van der Waals surface area (Å²) in [6.45, 7) is 5.29. The third-order valence-electron chi connectivity index (χ3n) is 7.49. The fourth-order valence-electron chi connectivity index (χ4n) is 6.53. The molecular weight excluding hydrogens is 368 g/mol. The zero-order chi connectivity index (χ0) is 20.4. The standard InChI is InChI=1S/C23H26N2O4/c1-4-15-16-9-11-25-12-10-22(19(15)25)17-7-5-6-8-18(17)24-20(22)23(16,21(27)28-3)13-29-14(2)26/h4-8,16,19H,9-13H2,1-3H3/b15-4+/t16-,19?,22?,23?/m1/s1. The van der Waals surface area contributed by atoms with Gasteiger partial charge in [-0.1, -0.05) is 29.8 Å². The van der Waals surface area contributed by atoms with Gasteiger partial charge >= 0.3 is 11.9 Å². The summed E-state index contributed by atoms with van der Waals surface area (Å²) >= 11 is 0. The number of ether oxygens (including phenoxy) is 2. The van der Waals surface area contributed by atoms with Crippen LogP contribution in [0.3, 0.4) is 0 Å². The summed E-state index contributed by atoms with van der Waals surface area (Å²) in [7, 11) is 1.42. The summed E-state index contributed by atoms with van der Waals surface area (Å²) in [6.07, 6.45) is 3.88. The Balaban J connectivity index is 1.82. The molecule has 6 heteroatoms. The van der Waals surface area contributed by atoms with Crippen LogP contribution in [0.5, 0.6) is 0 Å². The Hall–Kier alpha value is -2.47. The first-order valence-corrected chi connectivity index (χ1v) is 10.3. The molecule has 3 unspecified atom stereocenters. The minimum absolute atomic E-state index is 0.0295. The number of hydrogen-bond donors (Lipinski definition) is 0. The van der Waals surface area contributed by atoms with Crippen molar-refractivity contribution in [2.45, 2.75) is 38.1 Å². The summed E-state index contributed by atoms with van der Waals surface area (Å²) < 4.78 is 10.9. The molecule has 29 heavy (non-hydrogen) atoms. The van der Waals surface area contributed by atoms with Gasteiger partial charge < -0.3 is 9.47 Å². The minimum Gasteiger partial charge on any atom is -0.468 e. The number of rotatable bonds is 3. The lowest BCUT2D eigenvalue weighted by Crippen LogP contribution is -2.68. The lowest BCUT2D eigenvalue weighted by Gasteiger charge is -2.56. The van der Waals surface area contributed by atoms with Gasteiger partial charge in [0.2, 0.25) is 0 Å². The number of carbonyl (C=O) groups is 2. The molecule has 6 nitrogen and oxygen atoms in total. The van der Waals surface area contributed by atoms with Crippen molar-refractivity contribution in [3.8, 4) is 0 Å². The second-order valence-corrected chi connectivity index (χ2v) is 8.51. The van der Waals surface area contributed by atoms with Crippen LogP contribution < -0.4 is 0 Å². The molecule has 3 fully saturated rings. The highest BCUT2D eigenvalue weighted by atomic mass is 16.5. The molecule has 3 aliphatic heterocycles. The van der Waals surface area contributed by atoms with E-state index in [-0.39, 0.29) is 30.0 Å². The van der Waals surface area contributed by atoms with Crippen LogP contribution in [0.1, 0.15) is 32.3 Å². The van der Waals surface area contributed by atoms with Gasteiger partial charge in [0.15, 0.2) is 0 Å². The maximum atomic E-state index is 13.5. The Morgan fingerprint density at radius 2 is 2.10 bits per heavy atom. The predicted octanol–water partition coefficient (Wildman–Crippen LogP) is 2.79. The van der Waals surface area contributed by atoms with Gasteiger partial charge in [0.05, 0.1) is 23.9 Å². The number of esters is 2. The zero-order valence-corrected chi connectivity index (χ0v) is 17.1. The van der Waals surface area contributed by atoms with E-state index in [1.54, 1.807) is 0 Å². The molecule has 1 spiro atoms. The van der Waals surface area contributed by atoms with E-state index in [1.807, 2.05) is 18.2 Å². The Bertz CT molecular complexity index is 967. The van der Waals surface area contributed by atoms with Gasteiger partial charge in [0.1, 0.15) is 12.0 Å². The maximum Gasteiger partial charge on any atom is 0.321 e. The van der Waals surface area contributed by atoms with E-state index < -0.39 is 11.4 Å². The molecule has 2 saturated heterocycles. The molecule has 0 radical (unpaired) electrons. The molecule has 1 saturated carbocycles. The zero-order valence-electron chi connectivity index (χ0n) is 17.1. The average molecular weight is 394 g/mol. The van der Waals surface area contributed by atoms with E-state index in [1.165, 1.54) is 25.2 Å². The third-order valence-corrected chi connectivity index (χ3v) is 7.49. The largest absolute Gasteiger partial charge is 0.468 e. The quantitative estimate of drug-likeness (QED) is 0.583. The Labute approximate surface area is 170 Å². The van der Waals surface area contributed by atoms with Gasteiger partial charge in [0.25, 0.3) is 0 Å². The third kappa shape index (κ3) is 2.13. The number of hydrogen-bond acceptors (Lipinski definition) is 6. The molecule has 3 heterocycles. The van der Waals surface area contributed by atoms with Crippen LogP contribution in [0, 0.1) is 11.3 Å². The first kappa shape index (κ1) is 18.6. The van der Waals surface area contributed by atoms with Gasteiger partial charge in [-0.25, -0.2) is 0 Å². The van der Waals surface area contributed by atoms with Crippen molar-refractivity contribution in [1.82, 2.24) is 4.90 Å². The van der Waals surface area contributed by atoms with Crippen molar-refractivity contribution in [3.63, 3.8) is 0 Å². The van der Waals surface area contributed by atoms with Crippen molar-refractivity contribution in [2.24, 2.45) is 16.3 Å². The van der Waals surface area contributed by atoms with E-state index >= 15 is 0 Å². The Morgan fingerprint density at radius 1 is 1.31 bits per heavy atom. The molecule has 0 amide bonds.